The van der Waals surface area contributed by atoms with Gasteiger partial charge in [0.25, 0.3) is 11.8 Å². The molecule has 9 heteroatoms. The van der Waals surface area contributed by atoms with Crippen molar-refractivity contribution >= 4 is 23.7 Å². The number of urea groups is 1. The molecular formula is C24H20FN5O3. The number of nitrogen functional groups attached to an aromatic ring is 1. The normalized spacial score (nSPS) is 18.2. The Balaban J connectivity index is 1.45. The molecule has 2 atom stereocenters. The molecule has 2 aliphatic heterocycles. The summed E-state index contributed by atoms with van der Waals surface area (Å²) in [7, 11) is 0. The van der Waals surface area contributed by atoms with Crippen LogP contribution in [0, 0.1) is 5.82 Å². The van der Waals surface area contributed by atoms with Crippen LogP contribution < -0.4 is 16.4 Å². The summed E-state index contributed by atoms with van der Waals surface area (Å²) in [4.78, 5) is 42.8. The van der Waals surface area contributed by atoms with Crippen molar-refractivity contribution in [3.63, 3.8) is 0 Å². The first-order valence-electron chi connectivity index (χ1n) is 10.4. The summed E-state index contributed by atoms with van der Waals surface area (Å²) in [5.41, 5.74) is 9.40. The predicted octanol–water partition coefficient (Wildman–Crippen LogP) is 2.42. The first-order chi connectivity index (χ1) is 15.9. The maximum atomic E-state index is 13.6. The summed E-state index contributed by atoms with van der Waals surface area (Å²) in [6.45, 7) is 0.483. The van der Waals surface area contributed by atoms with Crippen LogP contribution in [-0.2, 0) is 11.3 Å². The molecule has 2 aromatic carbocycles. The van der Waals surface area contributed by atoms with Crippen LogP contribution in [0.25, 0.3) is 11.1 Å². The van der Waals surface area contributed by atoms with Crippen molar-refractivity contribution in [1.29, 1.82) is 0 Å². The second-order valence-corrected chi connectivity index (χ2v) is 8.13. The van der Waals surface area contributed by atoms with Crippen molar-refractivity contribution in [2.24, 2.45) is 0 Å². The molecule has 2 unspecified atom stereocenters. The number of nitrogens with two attached hydrogens (primary N) is 1. The highest BCUT2D eigenvalue weighted by atomic mass is 19.1. The molecule has 0 bridgehead atoms. The maximum absolute atomic E-state index is 13.6. The van der Waals surface area contributed by atoms with Crippen molar-refractivity contribution in [3.05, 3.63) is 83.3 Å². The number of pyridine rings is 1. The van der Waals surface area contributed by atoms with Gasteiger partial charge in [0.15, 0.2) is 0 Å². The Morgan fingerprint density at radius 3 is 2.55 bits per heavy atom. The Kier molecular flexibility index (Phi) is 5.01. The highest BCUT2D eigenvalue weighted by Gasteiger charge is 2.40. The molecule has 3 heterocycles. The van der Waals surface area contributed by atoms with Crippen LogP contribution in [0.15, 0.2) is 60.8 Å². The molecule has 4 amide bonds. The number of fused-ring (bicyclic) bond motifs is 1. The molecule has 0 radical (unpaired) electrons. The number of benzene rings is 2. The van der Waals surface area contributed by atoms with Crippen LogP contribution in [0.3, 0.4) is 0 Å². The third-order valence-corrected chi connectivity index (χ3v) is 6.03. The predicted molar refractivity (Wildman–Crippen MR) is 118 cm³/mol. The molecule has 1 saturated heterocycles. The van der Waals surface area contributed by atoms with Crippen LogP contribution in [0.2, 0.25) is 0 Å². The molecule has 1 fully saturated rings. The van der Waals surface area contributed by atoms with E-state index in [-0.39, 0.29) is 12.5 Å². The molecule has 0 saturated carbocycles. The number of imide groups is 1. The lowest BCUT2D eigenvalue weighted by molar-refractivity contribution is -0.120. The summed E-state index contributed by atoms with van der Waals surface area (Å²) in [6.07, 6.45) is 1.62. The van der Waals surface area contributed by atoms with E-state index in [1.54, 1.807) is 23.2 Å². The first kappa shape index (κ1) is 20.6. The zero-order valence-corrected chi connectivity index (χ0v) is 17.4. The van der Waals surface area contributed by atoms with E-state index >= 15 is 0 Å². The summed E-state index contributed by atoms with van der Waals surface area (Å²) in [5, 5.41) is 4.91. The molecular weight excluding hydrogens is 425 g/mol. The molecule has 3 aromatic rings. The van der Waals surface area contributed by atoms with E-state index in [9.17, 15) is 18.8 Å². The minimum Gasteiger partial charge on any atom is -0.384 e. The molecule has 0 spiro atoms. The summed E-state index contributed by atoms with van der Waals surface area (Å²) >= 11 is 0. The van der Waals surface area contributed by atoms with Gasteiger partial charge in [0.05, 0.1) is 0 Å². The molecule has 4 N–H and O–H groups in total. The van der Waals surface area contributed by atoms with Gasteiger partial charge in [0, 0.05) is 30.8 Å². The fraction of sp³-hybridized carbons (Fsp3) is 0.167. The second kappa shape index (κ2) is 8.01. The molecule has 2 aliphatic rings. The van der Waals surface area contributed by atoms with E-state index in [0.29, 0.717) is 17.9 Å². The topological polar surface area (TPSA) is 117 Å². The maximum Gasteiger partial charge on any atom is 0.322 e. The van der Waals surface area contributed by atoms with Crippen molar-refractivity contribution in [3.8, 4) is 11.1 Å². The van der Waals surface area contributed by atoms with E-state index in [4.69, 9.17) is 5.73 Å². The lowest BCUT2D eigenvalue weighted by Gasteiger charge is -2.27. The van der Waals surface area contributed by atoms with E-state index in [1.807, 2.05) is 30.3 Å². The third-order valence-electron chi connectivity index (χ3n) is 6.03. The number of carbonyl (C=O) groups is 3. The minimum atomic E-state index is -0.840. The standard InChI is InChI=1S/C24H20FN5O3/c25-17-6-5-16-11-30(23(32)18(16)10-17)12-19(21-22(31)29-24(33)28-21)14-3-1-13(2-4-14)15-7-8-27-20(26)9-15/h1-10,19,21H,11-12H2,(H2,26,27)(H2,28,29,31,33). The Hall–Kier alpha value is -4.27. The number of aromatic nitrogens is 1. The van der Waals surface area contributed by atoms with Gasteiger partial charge in [-0.05, 0) is 46.5 Å². The Bertz CT molecular complexity index is 1280. The smallest absolute Gasteiger partial charge is 0.322 e. The summed E-state index contributed by atoms with van der Waals surface area (Å²) < 4.78 is 13.6. The number of rotatable bonds is 5. The van der Waals surface area contributed by atoms with E-state index in [1.165, 1.54) is 12.1 Å². The van der Waals surface area contributed by atoms with Gasteiger partial charge in [-0.15, -0.1) is 0 Å². The highest BCUT2D eigenvalue weighted by molar-refractivity contribution is 6.05. The van der Waals surface area contributed by atoms with Crippen LogP contribution in [-0.4, -0.2) is 40.3 Å². The lowest BCUT2D eigenvalue weighted by Crippen LogP contribution is -2.42. The van der Waals surface area contributed by atoms with E-state index in [2.05, 4.69) is 15.6 Å². The second-order valence-electron chi connectivity index (χ2n) is 8.13. The van der Waals surface area contributed by atoms with Crippen molar-refractivity contribution in [1.82, 2.24) is 20.5 Å². The van der Waals surface area contributed by atoms with Gasteiger partial charge >= 0.3 is 6.03 Å². The fourth-order valence-corrected chi connectivity index (χ4v) is 4.39. The van der Waals surface area contributed by atoms with Crippen molar-refractivity contribution in [2.45, 2.75) is 18.5 Å². The minimum absolute atomic E-state index is 0.176. The van der Waals surface area contributed by atoms with Gasteiger partial charge in [0.1, 0.15) is 17.7 Å². The van der Waals surface area contributed by atoms with Gasteiger partial charge in [0.2, 0.25) is 0 Å². The van der Waals surface area contributed by atoms with Crippen LogP contribution in [0.4, 0.5) is 15.0 Å². The van der Waals surface area contributed by atoms with Crippen molar-refractivity contribution in [2.75, 3.05) is 12.3 Å². The number of amides is 4. The van der Waals surface area contributed by atoms with Crippen LogP contribution in [0.1, 0.15) is 27.4 Å². The molecule has 33 heavy (non-hydrogen) atoms. The zero-order chi connectivity index (χ0) is 23.1. The first-order valence-corrected chi connectivity index (χ1v) is 10.4. The highest BCUT2D eigenvalue weighted by Crippen LogP contribution is 2.31. The SMILES string of the molecule is Nc1cc(-c2ccc(C(CN3Cc4ccc(F)cc4C3=O)C3NC(=O)NC3=O)cc2)ccn1. The van der Waals surface area contributed by atoms with Crippen molar-refractivity contribution < 1.29 is 18.8 Å². The molecule has 1 aromatic heterocycles. The van der Waals surface area contributed by atoms with Gasteiger partial charge in [-0.25, -0.2) is 14.2 Å². The molecule has 166 valence electrons. The average Bonchev–Trinajstić information content (AvgIpc) is 3.30. The largest absolute Gasteiger partial charge is 0.384 e. The fourth-order valence-electron chi connectivity index (χ4n) is 4.39. The summed E-state index contributed by atoms with van der Waals surface area (Å²) in [5.74, 6) is -1.33. The van der Waals surface area contributed by atoms with E-state index in [0.717, 1.165) is 22.3 Å². The molecule has 5 rings (SSSR count). The van der Waals surface area contributed by atoms with Crippen LogP contribution >= 0.6 is 0 Å². The zero-order valence-electron chi connectivity index (χ0n) is 17.4. The third kappa shape index (κ3) is 3.89. The number of nitrogens with zero attached hydrogens (tertiary/aromatic N) is 2. The van der Waals surface area contributed by atoms with Gasteiger partial charge < -0.3 is 16.0 Å². The monoisotopic (exact) mass is 445 g/mol. The summed E-state index contributed by atoms with van der Waals surface area (Å²) in [6, 6.07) is 13.8. The number of anilines is 1. The number of nitrogens with one attached hydrogen (secondary N) is 2. The van der Waals surface area contributed by atoms with Gasteiger partial charge in [-0.3, -0.25) is 14.9 Å². The lowest BCUT2D eigenvalue weighted by atomic mass is 9.89. The molecule has 8 nitrogen and oxygen atoms in total. The quantitative estimate of drug-likeness (QED) is 0.522. The number of halogens is 1. The van der Waals surface area contributed by atoms with E-state index < -0.39 is 29.7 Å². The van der Waals surface area contributed by atoms with Gasteiger partial charge in [-0.1, -0.05) is 30.3 Å². The number of hydrogen-bond acceptors (Lipinski definition) is 5. The number of carbonyl (C=O) groups excluding carboxylic acids is 3. The van der Waals surface area contributed by atoms with Gasteiger partial charge in [-0.2, -0.15) is 0 Å². The van der Waals surface area contributed by atoms with Crippen LogP contribution in [0.5, 0.6) is 0 Å². The average molecular weight is 445 g/mol. The Labute approximate surface area is 188 Å². The number of hydrogen-bond donors (Lipinski definition) is 3. The molecule has 0 aliphatic carbocycles. The Morgan fingerprint density at radius 2 is 1.85 bits per heavy atom. The Morgan fingerprint density at radius 1 is 1.06 bits per heavy atom.